The molecule has 0 aromatic carbocycles. The van der Waals surface area contributed by atoms with Crippen LogP contribution in [0.15, 0.2) is 5.38 Å². The highest BCUT2D eigenvalue weighted by atomic mass is 32.1. The fourth-order valence-electron chi connectivity index (χ4n) is 2.18. The first-order valence-corrected chi connectivity index (χ1v) is 7.67. The van der Waals surface area contributed by atoms with E-state index in [1.54, 1.807) is 11.3 Å². The van der Waals surface area contributed by atoms with Gasteiger partial charge in [-0.05, 0) is 32.4 Å². The standard InChI is InChI=1S/C14H27N3S/c1-6-14(4,10-15-7-2)11-17(5)8-13-9-18-12(3)16-13/h9,15H,6-8,10-11H2,1-5H3. The number of aromatic nitrogens is 1. The van der Waals surface area contributed by atoms with Crippen molar-refractivity contribution in [3.8, 4) is 0 Å². The summed E-state index contributed by atoms with van der Waals surface area (Å²) in [6.07, 6.45) is 1.19. The molecule has 1 rings (SSSR count). The molecule has 0 aliphatic carbocycles. The molecule has 18 heavy (non-hydrogen) atoms. The number of nitrogens with zero attached hydrogens (tertiary/aromatic N) is 2. The number of hydrogen-bond acceptors (Lipinski definition) is 4. The number of aryl methyl sites for hydroxylation is 1. The number of nitrogens with one attached hydrogen (secondary N) is 1. The molecule has 4 heteroatoms. The van der Waals surface area contributed by atoms with Crippen molar-refractivity contribution in [2.45, 2.75) is 40.7 Å². The first-order chi connectivity index (χ1) is 8.49. The average Bonchev–Trinajstić information content (AvgIpc) is 2.72. The van der Waals surface area contributed by atoms with Crippen LogP contribution in [0.4, 0.5) is 0 Å². The lowest BCUT2D eigenvalue weighted by atomic mass is 9.87. The molecule has 0 saturated carbocycles. The molecule has 104 valence electrons. The molecule has 1 unspecified atom stereocenters. The molecule has 1 N–H and O–H groups in total. The molecule has 0 spiro atoms. The molecule has 3 nitrogen and oxygen atoms in total. The minimum Gasteiger partial charge on any atom is -0.316 e. The van der Waals surface area contributed by atoms with Crippen LogP contribution in [0.3, 0.4) is 0 Å². The Morgan fingerprint density at radius 3 is 2.67 bits per heavy atom. The summed E-state index contributed by atoms with van der Waals surface area (Å²) in [6.45, 7) is 13.0. The minimum absolute atomic E-state index is 0.343. The van der Waals surface area contributed by atoms with Crippen molar-refractivity contribution in [3.63, 3.8) is 0 Å². The van der Waals surface area contributed by atoms with Gasteiger partial charge in [0.1, 0.15) is 0 Å². The molecule has 0 radical (unpaired) electrons. The van der Waals surface area contributed by atoms with E-state index in [2.05, 4.69) is 55.3 Å². The van der Waals surface area contributed by atoms with Crippen molar-refractivity contribution >= 4 is 11.3 Å². The number of thiazole rings is 1. The lowest BCUT2D eigenvalue weighted by molar-refractivity contribution is 0.175. The van der Waals surface area contributed by atoms with Gasteiger partial charge in [-0.15, -0.1) is 11.3 Å². The fraction of sp³-hybridized carbons (Fsp3) is 0.786. The van der Waals surface area contributed by atoms with Crippen molar-refractivity contribution in [1.29, 1.82) is 0 Å². The highest BCUT2D eigenvalue weighted by Gasteiger charge is 2.23. The molecule has 1 atom stereocenters. The van der Waals surface area contributed by atoms with E-state index >= 15 is 0 Å². The lowest BCUT2D eigenvalue weighted by Gasteiger charge is -2.33. The van der Waals surface area contributed by atoms with Gasteiger partial charge in [-0.1, -0.05) is 20.8 Å². The zero-order chi connectivity index (χ0) is 13.6. The van der Waals surface area contributed by atoms with E-state index in [1.807, 2.05) is 0 Å². The summed E-state index contributed by atoms with van der Waals surface area (Å²) in [4.78, 5) is 6.91. The van der Waals surface area contributed by atoms with Gasteiger partial charge in [0, 0.05) is 25.0 Å². The van der Waals surface area contributed by atoms with Gasteiger partial charge in [0.05, 0.1) is 10.7 Å². The molecule has 0 bridgehead atoms. The van der Waals surface area contributed by atoms with Crippen molar-refractivity contribution in [3.05, 3.63) is 16.1 Å². The van der Waals surface area contributed by atoms with Gasteiger partial charge in [-0.2, -0.15) is 0 Å². The van der Waals surface area contributed by atoms with Gasteiger partial charge < -0.3 is 5.32 Å². The van der Waals surface area contributed by atoms with E-state index in [1.165, 1.54) is 12.1 Å². The van der Waals surface area contributed by atoms with Crippen LogP contribution in [0.1, 0.15) is 37.9 Å². The molecule has 0 aliphatic heterocycles. The van der Waals surface area contributed by atoms with Gasteiger partial charge in [0.15, 0.2) is 0 Å². The zero-order valence-corrected chi connectivity index (χ0v) is 13.2. The molecule has 0 fully saturated rings. The molecule has 1 aromatic rings. The van der Waals surface area contributed by atoms with Crippen LogP contribution >= 0.6 is 11.3 Å². The maximum Gasteiger partial charge on any atom is 0.0897 e. The summed E-state index contributed by atoms with van der Waals surface area (Å²) in [5.41, 5.74) is 1.54. The molecule has 0 saturated heterocycles. The van der Waals surface area contributed by atoms with E-state index in [0.717, 1.165) is 31.2 Å². The molecule has 0 amide bonds. The second kappa shape index (κ2) is 7.22. The van der Waals surface area contributed by atoms with Crippen LogP contribution in [-0.2, 0) is 6.54 Å². The average molecular weight is 269 g/mol. The Labute approximate surface area is 116 Å². The summed E-state index contributed by atoms with van der Waals surface area (Å²) in [6, 6.07) is 0. The van der Waals surface area contributed by atoms with Gasteiger partial charge in [-0.25, -0.2) is 4.98 Å². The van der Waals surface area contributed by atoms with E-state index in [4.69, 9.17) is 0 Å². The van der Waals surface area contributed by atoms with Crippen molar-refractivity contribution in [2.75, 3.05) is 26.7 Å². The summed E-state index contributed by atoms with van der Waals surface area (Å²) in [7, 11) is 2.19. The summed E-state index contributed by atoms with van der Waals surface area (Å²) in [5.74, 6) is 0. The second-order valence-corrected chi connectivity index (χ2v) is 6.54. The Balaban J connectivity index is 2.48. The Hall–Kier alpha value is -0.450. The normalized spacial score (nSPS) is 15.0. The quantitative estimate of drug-likeness (QED) is 0.786. The maximum atomic E-state index is 4.53. The number of rotatable bonds is 8. The van der Waals surface area contributed by atoms with Crippen molar-refractivity contribution in [2.24, 2.45) is 5.41 Å². The van der Waals surface area contributed by atoms with Crippen molar-refractivity contribution < 1.29 is 0 Å². The van der Waals surface area contributed by atoms with E-state index in [-0.39, 0.29) is 0 Å². The maximum absolute atomic E-state index is 4.53. The van der Waals surface area contributed by atoms with Crippen LogP contribution in [0.2, 0.25) is 0 Å². The Morgan fingerprint density at radius 2 is 2.17 bits per heavy atom. The third-order valence-corrected chi connectivity index (χ3v) is 4.23. The highest BCUT2D eigenvalue weighted by molar-refractivity contribution is 7.09. The van der Waals surface area contributed by atoms with Gasteiger partial charge >= 0.3 is 0 Å². The zero-order valence-electron chi connectivity index (χ0n) is 12.4. The van der Waals surface area contributed by atoms with Crippen LogP contribution in [0.25, 0.3) is 0 Å². The SMILES string of the molecule is CCNCC(C)(CC)CN(C)Cc1csc(C)n1. The second-order valence-electron chi connectivity index (χ2n) is 5.47. The van der Waals surface area contributed by atoms with Crippen LogP contribution in [0, 0.1) is 12.3 Å². The Morgan fingerprint density at radius 1 is 1.44 bits per heavy atom. The third kappa shape index (κ3) is 5.04. The van der Waals surface area contributed by atoms with E-state index in [9.17, 15) is 0 Å². The monoisotopic (exact) mass is 269 g/mol. The Kier molecular flexibility index (Phi) is 6.26. The van der Waals surface area contributed by atoms with E-state index < -0.39 is 0 Å². The van der Waals surface area contributed by atoms with Gasteiger partial charge in [-0.3, -0.25) is 4.90 Å². The van der Waals surface area contributed by atoms with Gasteiger partial charge in [0.25, 0.3) is 0 Å². The summed E-state index contributed by atoms with van der Waals surface area (Å²) < 4.78 is 0. The van der Waals surface area contributed by atoms with Crippen LogP contribution in [0.5, 0.6) is 0 Å². The molecule has 1 aromatic heterocycles. The van der Waals surface area contributed by atoms with E-state index in [0.29, 0.717) is 5.41 Å². The summed E-state index contributed by atoms with van der Waals surface area (Å²) in [5, 5.41) is 6.80. The third-order valence-electron chi connectivity index (χ3n) is 3.41. The largest absolute Gasteiger partial charge is 0.316 e. The fourth-order valence-corrected chi connectivity index (χ4v) is 2.79. The van der Waals surface area contributed by atoms with Crippen molar-refractivity contribution in [1.82, 2.24) is 15.2 Å². The van der Waals surface area contributed by atoms with Crippen LogP contribution in [-0.4, -0.2) is 36.6 Å². The molecular weight excluding hydrogens is 242 g/mol. The number of hydrogen-bond donors (Lipinski definition) is 1. The predicted molar refractivity (Wildman–Crippen MR) is 80.1 cm³/mol. The predicted octanol–water partition coefficient (Wildman–Crippen LogP) is 2.91. The molecule has 0 aliphatic rings. The minimum atomic E-state index is 0.343. The first kappa shape index (κ1) is 15.6. The topological polar surface area (TPSA) is 28.2 Å². The summed E-state index contributed by atoms with van der Waals surface area (Å²) >= 11 is 1.73. The van der Waals surface area contributed by atoms with Crippen LogP contribution < -0.4 is 5.32 Å². The lowest BCUT2D eigenvalue weighted by Crippen LogP contribution is -2.40. The Bertz CT molecular complexity index is 351. The van der Waals surface area contributed by atoms with Gasteiger partial charge in [0.2, 0.25) is 0 Å². The molecule has 1 heterocycles. The first-order valence-electron chi connectivity index (χ1n) is 6.79. The highest BCUT2D eigenvalue weighted by Crippen LogP contribution is 2.22. The molecular formula is C14H27N3S. The smallest absolute Gasteiger partial charge is 0.0897 e.